The van der Waals surface area contributed by atoms with Crippen LogP contribution in [0.3, 0.4) is 0 Å². The Labute approximate surface area is 150 Å². The molecule has 3 rings (SSSR count). The van der Waals surface area contributed by atoms with Crippen LogP contribution in [-0.4, -0.2) is 22.8 Å². The molecule has 1 aromatic heterocycles. The molecule has 0 saturated heterocycles. The highest BCUT2D eigenvalue weighted by Gasteiger charge is 2.11. The third-order valence-electron chi connectivity index (χ3n) is 3.55. The number of carbonyl (C=O) groups is 1. The summed E-state index contributed by atoms with van der Waals surface area (Å²) in [6.07, 6.45) is 0. The van der Waals surface area contributed by atoms with Gasteiger partial charge in [0.25, 0.3) is 4.84 Å². The van der Waals surface area contributed by atoms with E-state index in [-0.39, 0.29) is 17.3 Å². The lowest BCUT2D eigenvalue weighted by atomic mass is 10.1. The number of ether oxygens (including phenoxy) is 1. The molecule has 0 bridgehead atoms. The van der Waals surface area contributed by atoms with Crippen LogP contribution >= 0.6 is 12.2 Å². The second kappa shape index (κ2) is 7.31. The summed E-state index contributed by atoms with van der Waals surface area (Å²) in [5.41, 5.74) is 2.58. The third kappa shape index (κ3) is 4.13. The molecule has 2 aromatic carbocycles. The molecule has 0 aliphatic rings. The summed E-state index contributed by atoms with van der Waals surface area (Å²) in [6, 6.07) is 14.8. The summed E-state index contributed by atoms with van der Waals surface area (Å²) < 4.78 is 12.0. The molecule has 0 spiro atoms. The molecular formula is C18H17N3O3S. The van der Waals surface area contributed by atoms with Gasteiger partial charge in [-0.05, 0) is 43.4 Å². The van der Waals surface area contributed by atoms with E-state index in [1.807, 2.05) is 31.2 Å². The largest absolute Gasteiger partial charge is 0.497 e. The Morgan fingerprint density at radius 2 is 2.04 bits per heavy atom. The zero-order valence-electron chi connectivity index (χ0n) is 13.9. The topological polar surface area (TPSA) is 69.3 Å². The van der Waals surface area contributed by atoms with Crippen molar-refractivity contribution in [2.24, 2.45) is 0 Å². The lowest BCUT2D eigenvalue weighted by molar-refractivity contribution is -0.117. The smallest absolute Gasteiger partial charge is 0.287 e. The zero-order chi connectivity index (χ0) is 17.8. The average molecular weight is 355 g/mol. The van der Waals surface area contributed by atoms with Crippen LogP contribution < -0.4 is 10.1 Å². The molecule has 0 aliphatic heterocycles. The second-order valence-electron chi connectivity index (χ2n) is 5.48. The number of rotatable bonds is 5. The van der Waals surface area contributed by atoms with Gasteiger partial charge in [-0.15, -0.1) is 5.10 Å². The fourth-order valence-electron chi connectivity index (χ4n) is 2.26. The first-order valence-corrected chi connectivity index (χ1v) is 8.05. The molecule has 0 atom stereocenters. The quantitative estimate of drug-likeness (QED) is 0.705. The van der Waals surface area contributed by atoms with Gasteiger partial charge in [0.15, 0.2) is 0 Å². The predicted molar refractivity (Wildman–Crippen MR) is 97.1 cm³/mol. The maximum absolute atomic E-state index is 12.2. The summed E-state index contributed by atoms with van der Waals surface area (Å²) in [6.45, 7) is 1.96. The number of hydrogen-bond donors (Lipinski definition) is 1. The van der Waals surface area contributed by atoms with Gasteiger partial charge in [-0.2, -0.15) is 0 Å². The molecule has 7 heteroatoms. The molecule has 0 radical (unpaired) electrons. The summed E-state index contributed by atoms with van der Waals surface area (Å²) in [4.78, 5) is 12.4. The molecular weight excluding hydrogens is 338 g/mol. The Morgan fingerprint density at radius 3 is 2.76 bits per heavy atom. The molecule has 0 unspecified atom stereocenters. The number of aromatic nitrogens is 2. The Hall–Kier alpha value is -2.93. The van der Waals surface area contributed by atoms with E-state index in [0.29, 0.717) is 17.3 Å². The number of amides is 1. The van der Waals surface area contributed by atoms with E-state index in [9.17, 15) is 4.79 Å². The lowest BCUT2D eigenvalue weighted by Gasteiger charge is -2.06. The van der Waals surface area contributed by atoms with E-state index >= 15 is 0 Å². The van der Waals surface area contributed by atoms with Crippen LogP contribution in [-0.2, 0) is 11.3 Å². The number of methoxy groups -OCH3 is 1. The van der Waals surface area contributed by atoms with Crippen LogP contribution in [0.1, 0.15) is 5.56 Å². The van der Waals surface area contributed by atoms with E-state index in [4.69, 9.17) is 21.4 Å². The van der Waals surface area contributed by atoms with E-state index in [1.165, 1.54) is 4.68 Å². The van der Waals surface area contributed by atoms with Gasteiger partial charge in [-0.1, -0.05) is 23.8 Å². The SMILES string of the molecule is COc1cccc(NC(=O)Cn2nc(-c3ccc(C)cc3)oc2=S)c1. The fourth-order valence-corrected chi connectivity index (χ4v) is 2.44. The summed E-state index contributed by atoms with van der Waals surface area (Å²) >= 11 is 5.15. The van der Waals surface area contributed by atoms with Crippen molar-refractivity contribution in [3.05, 3.63) is 58.9 Å². The van der Waals surface area contributed by atoms with Crippen molar-refractivity contribution in [2.75, 3.05) is 12.4 Å². The number of anilines is 1. The summed E-state index contributed by atoms with van der Waals surface area (Å²) in [7, 11) is 1.57. The van der Waals surface area contributed by atoms with Crippen LogP contribution in [0.5, 0.6) is 5.75 Å². The fraction of sp³-hybridized carbons (Fsp3) is 0.167. The van der Waals surface area contributed by atoms with Gasteiger partial charge in [0, 0.05) is 17.3 Å². The van der Waals surface area contributed by atoms with Crippen molar-refractivity contribution >= 4 is 23.8 Å². The highest BCUT2D eigenvalue weighted by atomic mass is 32.1. The van der Waals surface area contributed by atoms with Gasteiger partial charge in [0.1, 0.15) is 12.3 Å². The first-order valence-electron chi connectivity index (χ1n) is 7.64. The highest BCUT2D eigenvalue weighted by molar-refractivity contribution is 7.71. The van der Waals surface area contributed by atoms with Crippen LogP contribution in [0.15, 0.2) is 52.9 Å². The van der Waals surface area contributed by atoms with Crippen molar-refractivity contribution in [1.82, 2.24) is 9.78 Å². The van der Waals surface area contributed by atoms with Crippen LogP contribution in [0.25, 0.3) is 11.5 Å². The van der Waals surface area contributed by atoms with E-state index in [0.717, 1.165) is 11.1 Å². The Balaban J connectivity index is 1.73. The lowest BCUT2D eigenvalue weighted by Crippen LogP contribution is -2.19. The highest BCUT2D eigenvalue weighted by Crippen LogP contribution is 2.19. The van der Waals surface area contributed by atoms with Gasteiger partial charge in [0.2, 0.25) is 11.8 Å². The van der Waals surface area contributed by atoms with Gasteiger partial charge < -0.3 is 14.5 Å². The first kappa shape index (κ1) is 16.9. The normalized spacial score (nSPS) is 10.5. The van der Waals surface area contributed by atoms with E-state index < -0.39 is 0 Å². The molecule has 0 aliphatic carbocycles. The van der Waals surface area contributed by atoms with Crippen molar-refractivity contribution in [3.63, 3.8) is 0 Å². The van der Waals surface area contributed by atoms with Crippen LogP contribution in [0.2, 0.25) is 0 Å². The monoisotopic (exact) mass is 355 g/mol. The molecule has 0 saturated carbocycles. The van der Waals surface area contributed by atoms with Crippen molar-refractivity contribution < 1.29 is 13.9 Å². The van der Waals surface area contributed by atoms with Crippen molar-refractivity contribution in [3.8, 4) is 17.2 Å². The molecule has 25 heavy (non-hydrogen) atoms. The van der Waals surface area contributed by atoms with Crippen molar-refractivity contribution in [1.29, 1.82) is 0 Å². The predicted octanol–water partition coefficient (Wildman–Crippen LogP) is 3.83. The minimum Gasteiger partial charge on any atom is -0.497 e. The summed E-state index contributed by atoms with van der Waals surface area (Å²) in [5.74, 6) is 0.796. The van der Waals surface area contributed by atoms with Gasteiger partial charge in [0.05, 0.1) is 7.11 Å². The summed E-state index contributed by atoms with van der Waals surface area (Å²) in [5, 5.41) is 7.07. The zero-order valence-corrected chi connectivity index (χ0v) is 14.7. The third-order valence-corrected chi connectivity index (χ3v) is 3.85. The average Bonchev–Trinajstić information content (AvgIpc) is 2.96. The molecule has 1 heterocycles. The van der Waals surface area contributed by atoms with Gasteiger partial charge in [-0.3, -0.25) is 4.79 Å². The number of nitrogens with one attached hydrogen (secondary N) is 1. The van der Waals surface area contributed by atoms with E-state index in [2.05, 4.69) is 10.4 Å². The first-order chi connectivity index (χ1) is 12.0. The second-order valence-corrected chi connectivity index (χ2v) is 5.83. The van der Waals surface area contributed by atoms with Crippen LogP contribution in [0, 0.1) is 11.8 Å². The molecule has 6 nitrogen and oxygen atoms in total. The number of benzene rings is 2. The number of nitrogens with zero attached hydrogens (tertiary/aromatic N) is 2. The number of carbonyl (C=O) groups excluding carboxylic acids is 1. The maximum Gasteiger partial charge on any atom is 0.287 e. The Kier molecular flexibility index (Phi) is 4.95. The van der Waals surface area contributed by atoms with Gasteiger partial charge in [-0.25, -0.2) is 4.68 Å². The van der Waals surface area contributed by atoms with E-state index in [1.54, 1.807) is 31.4 Å². The molecule has 3 aromatic rings. The molecule has 1 N–H and O–H groups in total. The van der Waals surface area contributed by atoms with Crippen molar-refractivity contribution in [2.45, 2.75) is 13.5 Å². The molecule has 128 valence electrons. The minimum absolute atomic E-state index is 0.0363. The van der Waals surface area contributed by atoms with Gasteiger partial charge >= 0.3 is 0 Å². The maximum atomic E-state index is 12.2. The molecule has 0 fully saturated rings. The standard InChI is InChI=1S/C18H17N3O3S/c1-12-6-8-13(9-7-12)17-20-21(18(25)24-17)11-16(22)19-14-4-3-5-15(10-14)23-2/h3-10H,11H2,1-2H3,(H,19,22). The minimum atomic E-state index is -0.256. The number of hydrogen-bond acceptors (Lipinski definition) is 5. The Bertz CT molecular complexity index is 945. The number of aryl methyl sites for hydroxylation is 1. The Morgan fingerprint density at radius 1 is 1.28 bits per heavy atom. The molecule has 1 amide bonds. The van der Waals surface area contributed by atoms with Crippen LogP contribution in [0.4, 0.5) is 5.69 Å².